The maximum absolute atomic E-state index is 12.0. The normalized spacial score (nSPS) is 13.8. The molecule has 1 unspecified atom stereocenters. The molecule has 68 valence electrons. The summed E-state index contributed by atoms with van der Waals surface area (Å²) in [6.07, 6.45) is 0.931. The van der Waals surface area contributed by atoms with Crippen LogP contribution < -0.4 is 5.73 Å². The zero-order chi connectivity index (χ0) is 9.14. The molecule has 0 aromatic carbocycles. The smallest absolute Gasteiger partial charge is 0.253 e. The lowest BCUT2D eigenvalue weighted by Gasteiger charge is -2.07. The van der Waals surface area contributed by atoms with Crippen LogP contribution in [0.1, 0.15) is 5.56 Å². The van der Waals surface area contributed by atoms with Gasteiger partial charge in [-0.2, -0.15) is 5.10 Å². The molecular formula is C7H11F2N3. The Bertz CT molecular complexity index is 247. The molecule has 12 heavy (non-hydrogen) atoms. The van der Waals surface area contributed by atoms with Gasteiger partial charge in [0.25, 0.3) is 6.43 Å². The van der Waals surface area contributed by atoms with Crippen molar-refractivity contribution in [1.29, 1.82) is 0 Å². The molecule has 0 aliphatic carbocycles. The van der Waals surface area contributed by atoms with Crippen molar-refractivity contribution in [3.8, 4) is 0 Å². The highest BCUT2D eigenvalue weighted by atomic mass is 19.3. The van der Waals surface area contributed by atoms with E-state index < -0.39 is 12.5 Å². The molecule has 5 heteroatoms. The molecule has 2 N–H and O–H groups in total. The van der Waals surface area contributed by atoms with Gasteiger partial charge in [0.1, 0.15) is 0 Å². The van der Waals surface area contributed by atoms with Crippen molar-refractivity contribution in [2.45, 2.75) is 18.9 Å². The third kappa shape index (κ3) is 2.27. The Morgan fingerprint density at radius 1 is 1.67 bits per heavy atom. The van der Waals surface area contributed by atoms with Crippen LogP contribution >= 0.6 is 0 Å². The Morgan fingerprint density at radius 2 is 2.33 bits per heavy atom. The highest BCUT2D eigenvalue weighted by Crippen LogP contribution is 2.06. The lowest BCUT2D eigenvalue weighted by Crippen LogP contribution is -2.30. The number of nitrogens with zero attached hydrogens (tertiary/aromatic N) is 2. The predicted octanol–water partition coefficient (Wildman–Crippen LogP) is 0.555. The Morgan fingerprint density at radius 3 is 2.75 bits per heavy atom. The first-order valence-electron chi connectivity index (χ1n) is 3.61. The van der Waals surface area contributed by atoms with Crippen molar-refractivity contribution in [3.05, 3.63) is 18.0 Å². The maximum atomic E-state index is 12.0. The van der Waals surface area contributed by atoms with Crippen LogP contribution in [-0.2, 0) is 13.5 Å². The van der Waals surface area contributed by atoms with Crippen LogP contribution in [0.2, 0.25) is 0 Å². The lowest BCUT2D eigenvalue weighted by atomic mass is 10.1. The summed E-state index contributed by atoms with van der Waals surface area (Å²) in [6, 6.07) is -1.09. The minimum atomic E-state index is -2.47. The molecule has 0 saturated heterocycles. The molecule has 0 fully saturated rings. The van der Waals surface area contributed by atoms with Crippen molar-refractivity contribution in [2.75, 3.05) is 0 Å². The standard InChI is InChI=1S/C7H11F2N3/c1-12-4-5(3-11-12)2-6(10)7(8)9/h3-4,6-7H,2,10H2,1H3. The number of alkyl halides is 2. The van der Waals surface area contributed by atoms with E-state index in [0.717, 1.165) is 5.56 Å². The fourth-order valence-corrected chi connectivity index (χ4v) is 0.939. The van der Waals surface area contributed by atoms with Crippen LogP contribution in [0.5, 0.6) is 0 Å². The van der Waals surface area contributed by atoms with Gasteiger partial charge in [0, 0.05) is 13.2 Å². The van der Waals surface area contributed by atoms with E-state index in [1.54, 1.807) is 24.1 Å². The summed E-state index contributed by atoms with van der Waals surface area (Å²) in [5.41, 5.74) is 5.91. The van der Waals surface area contributed by atoms with Gasteiger partial charge in [0.05, 0.1) is 12.2 Å². The van der Waals surface area contributed by atoms with E-state index in [-0.39, 0.29) is 6.42 Å². The summed E-state index contributed by atoms with van der Waals surface area (Å²) in [6.45, 7) is 0. The molecule has 0 radical (unpaired) electrons. The van der Waals surface area contributed by atoms with E-state index in [1.165, 1.54) is 0 Å². The number of nitrogens with two attached hydrogens (primary N) is 1. The van der Waals surface area contributed by atoms with Crippen LogP contribution in [0, 0.1) is 0 Å². The van der Waals surface area contributed by atoms with E-state index >= 15 is 0 Å². The second-order valence-corrected chi connectivity index (χ2v) is 2.72. The summed E-state index contributed by atoms with van der Waals surface area (Å²) in [5, 5.41) is 3.85. The zero-order valence-corrected chi connectivity index (χ0v) is 6.74. The first-order valence-corrected chi connectivity index (χ1v) is 3.61. The lowest BCUT2D eigenvalue weighted by molar-refractivity contribution is 0.116. The van der Waals surface area contributed by atoms with E-state index in [2.05, 4.69) is 5.10 Å². The van der Waals surface area contributed by atoms with Crippen LogP contribution in [0.4, 0.5) is 8.78 Å². The highest BCUT2D eigenvalue weighted by molar-refractivity contribution is 5.05. The molecule has 1 rings (SSSR count). The van der Waals surface area contributed by atoms with Gasteiger partial charge in [-0.1, -0.05) is 0 Å². The number of aryl methyl sites for hydroxylation is 1. The molecule has 0 aliphatic heterocycles. The Kier molecular flexibility index (Phi) is 2.75. The third-order valence-corrected chi connectivity index (χ3v) is 1.55. The van der Waals surface area contributed by atoms with Gasteiger partial charge in [0.15, 0.2) is 0 Å². The van der Waals surface area contributed by atoms with Crippen LogP contribution in [-0.4, -0.2) is 22.2 Å². The molecule has 1 aromatic heterocycles. The molecule has 0 bridgehead atoms. The molecule has 0 aliphatic rings. The minimum Gasteiger partial charge on any atom is -0.323 e. The number of halogens is 2. The van der Waals surface area contributed by atoms with Crippen molar-refractivity contribution in [1.82, 2.24) is 9.78 Å². The van der Waals surface area contributed by atoms with Gasteiger partial charge < -0.3 is 5.73 Å². The van der Waals surface area contributed by atoms with E-state index in [0.29, 0.717) is 0 Å². The fraction of sp³-hybridized carbons (Fsp3) is 0.571. The third-order valence-electron chi connectivity index (χ3n) is 1.55. The van der Waals surface area contributed by atoms with Gasteiger partial charge in [0.2, 0.25) is 0 Å². The Balaban J connectivity index is 2.52. The summed E-state index contributed by atoms with van der Waals surface area (Å²) < 4.78 is 25.5. The molecule has 1 atom stereocenters. The Hall–Kier alpha value is -0.970. The quantitative estimate of drug-likeness (QED) is 0.729. The summed E-state index contributed by atoms with van der Waals surface area (Å²) in [5.74, 6) is 0. The van der Waals surface area contributed by atoms with Crippen molar-refractivity contribution >= 4 is 0 Å². The summed E-state index contributed by atoms with van der Waals surface area (Å²) >= 11 is 0. The second-order valence-electron chi connectivity index (χ2n) is 2.72. The minimum absolute atomic E-state index is 0.172. The van der Waals surface area contributed by atoms with Gasteiger partial charge >= 0.3 is 0 Å². The largest absolute Gasteiger partial charge is 0.323 e. The Labute approximate surface area is 69.2 Å². The second kappa shape index (κ2) is 3.62. The highest BCUT2D eigenvalue weighted by Gasteiger charge is 2.15. The molecule has 0 amide bonds. The van der Waals surface area contributed by atoms with Gasteiger partial charge in [-0.3, -0.25) is 4.68 Å². The van der Waals surface area contributed by atoms with Crippen LogP contribution in [0.25, 0.3) is 0 Å². The van der Waals surface area contributed by atoms with E-state index in [1.807, 2.05) is 0 Å². The number of aromatic nitrogens is 2. The van der Waals surface area contributed by atoms with Crippen molar-refractivity contribution in [2.24, 2.45) is 12.8 Å². The van der Waals surface area contributed by atoms with Crippen LogP contribution in [0.3, 0.4) is 0 Å². The molecule has 3 nitrogen and oxygen atoms in total. The van der Waals surface area contributed by atoms with Crippen LogP contribution in [0.15, 0.2) is 12.4 Å². The molecule has 0 spiro atoms. The molecule has 1 heterocycles. The van der Waals surface area contributed by atoms with Gasteiger partial charge in [-0.15, -0.1) is 0 Å². The van der Waals surface area contributed by atoms with E-state index in [4.69, 9.17) is 5.73 Å². The number of hydrogen-bond donors (Lipinski definition) is 1. The predicted molar refractivity (Wildman–Crippen MR) is 40.9 cm³/mol. The van der Waals surface area contributed by atoms with Crippen molar-refractivity contribution in [3.63, 3.8) is 0 Å². The molecule has 1 aromatic rings. The first kappa shape index (κ1) is 9.12. The SMILES string of the molecule is Cn1cc(CC(N)C(F)F)cn1. The summed E-state index contributed by atoms with van der Waals surface area (Å²) in [7, 11) is 1.73. The van der Waals surface area contributed by atoms with Gasteiger partial charge in [-0.25, -0.2) is 8.78 Å². The topological polar surface area (TPSA) is 43.8 Å². The first-order chi connectivity index (χ1) is 5.59. The average Bonchev–Trinajstić information content (AvgIpc) is 2.35. The average molecular weight is 175 g/mol. The zero-order valence-electron chi connectivity index (χ0n) is 6.74. The maximum Gasteiger partial charge on any atom is 0.253 e. The summed E-state index contributed by atoms with van der Waals surface area (Å²) in [4.78, 5) is 0. The van der Waals surface area contributed by atoms with Gasteiger partial charge in [-0.05, 0) is 12.0 Å². The fourth-order valence-electron chi connectivity index (χ4n) is 0.939. The van der Waals surface area contributed by atoms with Crippen molar-refractivity contribution < 1.29 is 8.78 Å². The number of hydrogen-bond acceptors (Lipinski definition) is 2. The number of rotatable bonds is 3. The monoisotopic (exact) mass is 175 g/mol. The molecular weight excluding hydrogens is 164 g/mol. The van der Waals surface area contributed by atoms with E-state index in [9.17, 15) is 8.78 Å². The molecule has 0 saturated carbocycles.